The van der Waals surface area contributed by atoms with Gasteiger partial charge in [-0.15, -0.1) is 0 Å². The first-order valence-corrected chi connectivity index (χ1v) is 7.21. The normalized spacial score (nSPS) is 12.5. The van der Waals surface area contributed by atoms with Gasteiger partial charge in [-0.2, -0.15) is 0 Å². The Morgan fingerprint density at radius 3 is 2.87 bits per heavy atom. The molecule has 0 fully saturated rings. The quantitative estimate of drug-likeness (QED) is 0.515. The van der Waals surface area contributed by atoms with E-state index in [1.807, 2.05) is 24.3 Å². The minimum Gasteiger partial charge on any atom is -0.495 e. The van der Waals surface area contributed by atoms with Crippen molar-refractivity contribution >= 4 is 34.6 Å². The molecule has 6 heteroatoms. The van der Waals surface area contributed by atoms with Gasteiger partial charge < -0.3 is 24.3 Å². The molecule has 0 aliphatic carbocycles. The summed E-state index contributed by atoms with van der Waals surface area (Å²) in [4.78, 5) is 22.2. The molecule has 23 heavy (non-hydrogen) atoms. The highest BCUT2D eigenvalue weighted by Gasteiger charge is 2.13. The van der Waals surface area contributed by atoms with Gasteiger partial charge in [-0.1, -0.05) is 6.58 Å². The van der Waals surface area contributed by atoms with Gasteiger partial charge in [0.05, 0.1) is 34.6 Å². The highest BCUT2D eigenvalue weighted by molar-refractivity contribution is 6.03. The topological polar surface area (TPSA) is 78.6 Å². The largest absolute Gasteiger partial charge is 0.495 e. The van der Waals surface area contributed by atoms with Crippen molar-refractivity contribution in [2.24, 2.45) is 7.05 Å². The predicted molar refractivity (Wildman–Crippen MR) is 91.1 cm³/mol. The third-order valence-electron chi connectivity index (χ3n) is 4.16. The standard InChI is InChI=1S/C17H16N4O2/c1-9-19-11-4-5-13-15(16(11)20-9)10(17(22)21(13)2)8-12-14(23-3)6-7-18-12/h4-8,18-20H,1H2,2-3H3/b10-8-. The Bertz CT molecular complexity index is 1200. The zero-order chi connectivity index (χ0) is 16.1. The predicted octanol–water partition coefficient (Wildman–Crippen LogP) is 0.924. The van der Waals surface area contributed by atoms with Gasteiger partial charge in [0.1, 0.15) is 11.2 Å². The number of aryl methyl sites for hydroxylation is 1. The Labute approximate surface area is 130 Å². The van der Waals surface area contributed by atoms with Gasteiger partial charge in [-0.25, -0.2) is 0 Å². The van der Waals surface area contributed by atoms with E-state index in [9.17, 15) is 4.79 Å². The fraction of sp³-hybridized carbons (Fsp3) is 0.118. The van der Waals surface area contributed by atoms with E-state index in [2.05, 4.69) is 21.5 Å². The van der Waals surface area contributed by atoms with Crippen LogP contribution in [0.2, 0.25) is 0 Å². The van der Waals surface area contributed by atoms with Crippen molar-refractivity contribution < 1.29 is 4.74 Å². The number of ether oxygens (including phenoxy) is 1. The Morgan fingerprint density at radius 1 is 1.26 bits per heavy atom. The lowest BCUT2D eigenvalue weighted by atomic mass is 10.1. The Morgan fingerprint density at radius 2 is 2.09 bits per heavy atom. The first kappa shape index (κ1) is 13.5. The van der Waals surface area contributed by atoms with Gasteiger partial charge in [-0.3, -0.25) is 4.79 Å². The number of aromatic amines is 3. The molecule has 3 aromatic heterocycles. The SMILES string of the molecule is C=c1[nH]c2ccc3c(/c(=C/c4[nH]ccc4OC)c(=O)n3C)c2[nH]1. The molecule has 1 aromatic carbocycles. The molecule has 3 heterocycles. The molecule has 0 amide bonds. The molecule has 0 aliphatic heterocycles. The van der Waals surface area contributed by atoms with Gasteiger partial charge in [0.2, 0.25) is 0 Å². The van der Waals surface area contributed by atoms with Crippen LogP contribution in [0.1, 0.15) is 5.69 Å². The van der Waals surface area contributed by atoms with Gasteiger partial charge >= 0.3 is 0 Å². The van der Waals surface area contributed by atoms with Crippen LogP contribution in [0.5, 0.6) is 5.75 Å². The second-order valence-electron chi connectivity index (χ2n) is 5.49. The molecule has 116 valence electrons. The molecule has 4 aromatic rings. The van der Waals surface area contributed by atoms with Crippen molar-refractivity contribution in [3.05, 3.63) is 51.1 Å². The summed E-state index contributed by atoms with van der Waals surface area (Å²) >= 11 is 0. The summed E-state index contributed by atoms with van der Waals surface area (Å²) in [5.41, 5.74) is 4.08. The van der Waals surface area contributed by atoms with Crippen LogP contribution in [0.15, 0.2) is 29.2 Å². The number of imidazole rings is 1. The third-order valence-corrected chi connectivity index (χ3v) is 4.16. The summed E-state index contributed by atoms with van der Waals surface area (Å²) in [5.74, 6) is 0.699. The molecule has 0 saturated heterocycles. The van der Waals surface area contributed by atoms with Gasteiger partial charge in [0, 0.05) is 18.6 Å². The number of fused-ring (bicyclic) bond motifs is 3. The van der Waals surface area contributed by atoms with Crippen molar-refractivity contribution in [2.45, 2.75) is 0 Å². The van der Waals surface area contributed by atoms with E-state index in [-0.39, 0.29) is 5.56 Å². The highest BCUT2D eigenvalue weighted by atomic mass is 16.5. The molecule has 0 bridgehead atoms. The summed E-state index contributed by atoms with van der Waals surface area (Å²) in [6.45, 7) is 3.89. The summed E-state index contributed by atoms with van der Waals surface area (Å²) in [6, 6.07) is 5.71. The molecule has 0 spiro atoms. The summed E-state index contributed by atoms with van der Waals surface area (Å²) < 4.78 is 6.96. The Hall–Kier alpha value is -3.15. The fourth-order valence-corrected chi connectivity index (χ4v) is 3.06. The average molecular weight is 308 g/mol. The average Bonchev–Trinajstić information content (AvgIpc) is 3.20. The zero-order valence-electron chi connectivity index (χ0n) is 12.9. The molecule has 0 unspecified atom stereocenters. The number of H-pyrrole nitrogens is 3. The molecule has 0 atom stereocenters. The number of hydrogen-bond acceptors (Lipinski definition) is 2. The van der Waals surface area contributed by atoms with E-state index in [1.54, 1.807) is 24.9 Å². The van der Waals surface area contributed by atoms with Crippen molar-refractivity contribution in [1.29, 1.82) is 0 Å². The summed E-state index contributed by atoms with van der Waals surface area (Å²) in [5, 5.41) is 1.49. The Balaban J connectivity index is 2.22. The molecule has 0 saturated carbocycles. The van der Waals surface area contributed by atoms with E-state index in [1.165, 1.54) is 0 Å². The molecule has 0 radical (unpaired) electrons. The first-order chi connectivity index (χ1) is 11.1. The maximum absolute atomic E-state index is 12.7. The smallest absolute Gasteiger partial charge is 0.258 e. The number of aromatic nitrogens is 4. The van der Waals surface area contributed by atoms with Crippen molar-refractivity contribution in [2.75, 3.05) is 7.11 Å². The molecular formula is C17H16N4O2. The van der Waals surface area contributed by atoms with E-state index < -0.39 is 0 Å². The number of methoxy groups -OCH3 is 1. The molecule has 4 rings (SSSR count). The lowest BCUT2D eigenvalue weighted by Crippen LogP contribution is -2.26. The van der Waals surface area contributed by atoms with Crippen LogP contribution in [-0.4, -0.2) is 26.6 Å². The van der Waals surface area contributed by atoms with Crippen LogP contribution in [0.4, 0.5) is 0 Å². The van der Waals surface area contributed by atoms with E-state index in [0.29, 0.717) is 16.4 Å². The van der Waals surface area contributed by atoms with Crippen LogP contribution in [-0.2, 0) is 7.05 Å². The van der Waals surface area contributed by atoms with Gasteiger partial charge in [0.15, 0.2) is 0 Å². The third kappa shape index (κ3) is 1.85. The lowest BCUT2D eigenvalue weighted by Gasteiger charge is -1.97. The van der Waals surface area contributed by atoms with E-state index >= 15 is 0 Å². The molecule has 6 nitrogen and oxygen atoms in total. The highest BCUT2D eigenvalue weighted by Crippen LogP contribution is 2.20. The number of benzene rings is 1. The van der Waals surface area contributed by atoms with Gasteiger partial charge in [0.25, 0.3) is 5.56 Å². The monoisotopic (exact) mass is 308 g/mol. The minimum atomic E-state index is -0.0515. The fourth-order valence-electron chi connectivity index (χ4n) is 3.06. The van der Waals surface area contributed by atoms with Crippen molar-refractivity contribution in [1.82, 2.24) is 19.5 Å². The van der Waals surface area contributed by atoms with E-state index in [0.717, 1.165) is 27.6 Å². The van der Waals surface area contributed by atoms with Crippen molar-refractivity contribution in [3.8, 4) is 5.75 Å². The number of nitrogens with zero attached hydrogens (tertiary/aromatic N) is 1. The first-order valence-electron chi connectivity index (χ1n) is 7.21. The van der Waals surface area contributed by atoms with Gasteiger partial charge in [-0.05, 0) is 24.3 Å². The van der Waals surface area contributed by atoms with Crippen LogP contribution < -0.4 is 21.0 Å². The summed E-state index contributed by atoms with van der Waals surface area (Å²) in [6.07, 6.45) is 3.61. The Kier molecular flexibility index (Phi) is 2.74. The minimum absolute atomic E-state index is 0.0515. The van der Waals surface area contributed by atoms with Crippen molar-refractivity contribution in [3.63, 3.8) is 0 Å². The number of rotatable bonds is 2. The molecular weight excluding hydrogens is 292 g/mol. The maximum atomic E-state index is 12.7. The number of hydrogen-bond donors (Lipinski definition) is 3. The van der Waals surface area contributed by atoms with Crippen LogP contribution >= 0.6 is 0 Å². The molecule has 3 N–H and O–H groups in total. The molecule has 0 aliphatic rings. The second-order valence-corrected chi connectivity index (χ2v) is 5.49. The van der Waals surface area contributed by atoms with Crippen LogP contribution in [0.3, 0.4) is 0 Å². The van der Waals surface area contributed by atoms with Crippen LogP contribution in [0, 0.1) is 0 Å². The maximum Gasteiger partial charge on any atom is 0.258 e. The van der Waals surface area contributed by atoms with Crippen LogP contribution in [0.25, 0.3) is 34.6 Å². The second kappa shape index (κ2) is 4.67. The summed E-state index contributed by atoms with van der Waals surface area (Å²) in [7, 11) is 3.38. The number of nitrogens with one attached hydrogen (secondary N) is 3. The lowest BCUT2D eigenvalue weighted by molar-refractivity contribution is 0.414. The van der Waals surface area contributed by atoms with E-state index in [4.69, 9.17) is 4.74 Å². The zero-order valence-corrected chi connectivity index (χ0v) is 12.9.